The number of amides is 1. The second-order valence-electron chi connectivity index (χ2n) is 6.49. The van der Waals surface area contributed by atoms with E-state index >= 15 is 0 Å². The summed E-state index contributed by atoms with van der Waals surface area (Å²) >= 11 is 1.30. The van der Waals surface area contributed by atoms with Crippen LogP contribution in [0.5, 0.6) is 0 Å². The topological polar surface area (TPSA) is 82.5 Å². The number of aromatic nitrogens is 1. The largest absolute Gasteiger partial charge is 0.383 e. The SMILES string of the molecule is O=C(NCCC1CCCCC1)[C@H](O)[C@@H](O)c1nc2ccccc2s1. The number of rotatable bonds is 6. The van der Waals surface area contributed by atoms with Crippen molar-refractivity contribution in [3.8, 4) is 0 Å². The van der Waals surface area contributed by atoms with E-state index in [-0.39, 0.29) is 0 Å². The van der Waals surface area contributed by atoms with E-state index in [1.165, 1.54) is 43.4 Å². The van der Waals surface area contributed by atoms with Crippen molar-refractivity contribution in [2.75, 3.05) is 6.54 Å². The van der Waals surface area contributed by atoms with Crippen LogP contribution in [0.15, 0.2) is 24.3 Å². The third kappa shape index (κ3) is 4.12. The van der Waals surface area contributed by atoms with Crippen LogP contribution in [0.4, 0.5) is 0 Å². The first kappa shape index (κ1) is 17.3. The van der Waals surface area contributed by atoms with E-state index < -0.39 is 18.1 Å². The van der Waals surface area contributed by atoms with Gasteiger partial charge in [0.1, 0.15) is 11.1 Å². The van der Waals surface area contributed by atoms with E-state index in [0.29, 0.717) is 17.5 Å². The van der Waals surface area contributed by atoms with Crippen LogP contribution in [0.3, 0.4) is 0 Å². The Morgan fingerprint density at radius 1 is 1.25 bits per heavy atom. The number of nitrogens with zero attached hydrogens (tertiary/aromatic N) is 1. The standard InChI is InChI=1S/C18H24N2O3S/c21-15(17(23)19-11-10-12-6-2-1-3-7-12)16(22)18-20-13-8-4-5-9-14(13)24-18/h4-5,8-9,12,15-16,21-22H,1-3,6-7,10-11H2,(H,19,23)/t15-,16-/m1/s1. The minimum absolute atomic E-state index is 0.367. The molecule has 1 fully saturated rings. The van der Waals surface area contributed by atoms with Gasteiger partial charge in [-0.1, -0.05) is 44.2 Å². The average molecular weight is 348 g/mol. The Balaban J connectivity index is 1.52. The lowest BCUT2D eigenvalue weighted by atomic mass is 9.87. The van der Waals surface area contributed by atoms with Gasteiger partial charge < -0.3 is 15.5 Å². The lowest BCUT2D eigenvalue weighted by Gasteiger charge is -2.22. The van der Waals surface area contributed by atoms with Crippen molar-refractivity contribution in [1.82, 2.24) is 10.3 Å². The van der Waals surface area contributed by atoms with Gasteiger partial charge >= 0.3 is 0 Å². The Kier molecular flexibility index (Phi) is 5.81. The number of aliphatic hydroxyl groups is 2. The maximum Gasteiger partial charge on any atom is 0.252 e. The fourth-order valence-corrected chi connectivity index (χ4v) is 4.26. The van der Waals surface area contributed by atoms with E-state index in [9.17, 15) is 15.0 Å². The lowest BCUT2D eigenvalue weighted by molar-refractivity contribution is -0.135. The van der Waals surface area contributed by atoms with Crippen LogP contribution in [0.25, 0.3) is 10.2 Å². The first-order valence-corrected chi connectivity index (χ1v) is 9.46. The summed E-state index contributed by atoms with van der Waals surface area (Å²) < 4.78 is 0.927. The zero-order chi connectivity index (χ0) is 16.9. The number of carbonyl (C=O) groups is 1. The summed E-state index contributed by atoms with van der Waals surface area (Å²) in [6.07, 6.45) is 4.48. The van der Waals surface area contributed by atoms with Crippen molar-refractivity contribution in [3.63, 3.8) is 0 Å². The number of fused-ring (bicyclic) bond motifs is 1. The molecule has 2 aromatic rings. The monoisotopic (exact) mass is 348 g/mol. The van der Waals surface area contributed by atoms with Gasteiger partial charge in [0.2, 0.25) is 0 Å². The highest BCUT2D eigenvalue weighted by atomic mass is 32.1. The molecule has 130 valence electrons. The predicted molar refractivity (Wildman–Crippen MR) is 94.8 cm³/mol. The second kappa shape index (κ2) is 8.05. The summed E-state index contributed by atoms with van der Waals surface area (Å²) in [7, 11) is 0. The number of thiazole rings is 1. The smallest absolute Gasteiger partial charge is 0.252 e. The third-order valence-electron chi connectivity index (χ3n) is 4.71. The highest BCUT2D eigenvalue weighted by Crippen LogP contribution is 2.28. The second-order valence-corrected chi connectivity index (χ2v) is 7.56. The van der Waals surface area contributed by atoms with Gasteiger partial charge in [-0.15, -0.1) is 11.3 Å². The Hall–Kier alpha value is -1.50. The molecule has 0 aliphatic heterocycles. The van der Waals surface area contributed by atoms with Crippen LogP contribution in [-0.2, 0) is 4.79 Å². The third-order valence-corrected chi connectivity index (χ3v) is 5.81. The molecular weight excluding hydrogens is 324 g/mol. The molecule has 5 nitrogen and oxygen atoms in total. The van der Waals surface area contributed by atoms with Crippen molar-refractivity contribution >= 4 is 27.5 Å². The highest BCUT2D eigenvalue weighted by Gasteiger charge is 2.28. The minimum atomic E-state index is -1.49. The summed E-state index contributed by atoms with van der Waals surface area (Å²) in [4.78, 5) is 16.4. The molecule has 6 heteroatoms. The fourth-order valence-electron chi connectivity index (χ4n) is 3.27. The minimum Gasteiger partial charge on any atom is -0.383 e. The molecule has 1 saturated carbocycles. The van der Waals surface area contributed by atoms with Gasteiger partial charge in [-0.05, 0) is 24.5 Å². The number of benzene rings is 1. The summed E-state index contributed by atoms with van der Waals surface area (Å²) in [5.74, 6) is 0.142. The molecule has 1 heterocycles. The molecule has 0 unspecified atom stereocenters. The molecule has 0 saturated heterocycles. The van der Waals surface area contributed by atoms with Gasteiger partial charge in [0.15, 0.2) is 6.10 Å². The number of aliphatic hydroxyl groups excluding tert-OH is 2. The van der Waals surface area contributed by atoms with E-state index in [4.69, 9.17) is 0 Å². The van der Waals surface area contributed by atoms with E-state index in [0.717, 1.165) is 16.6 Å². The molecule has 2 atom stereocenters. The molecule has 3 rings (SSSR count). The first-order valence-electron chi connectivity index (χ1n) is 8.64. The average Bonchev–Trinajstić information content (AvgIpc) is 3.05. The van der Waals surface area contributed by atoms with Crippen molar-refractivity contribution in [2.24, 2.45) is 5.92 Å². The Bertz CT molecular complexity index is 649. The highest BCUT2D eigenvalue weighted by molar-refractivity contribution is 7.18. The van der Waals surface area contributed by atoms with Crippen molar-refractivity contribution in [2.45, 2.75) is 50.7 Å². The quantitative estimate of drug-likeness (QED) is 0.750. The zero-order valence-corrected chi connectivity index (χ0v) is 14.5. The maximum atomic E-state index is 12.1. The van der Waals surface area contributed by atoms with Gasteiger partial charge in [-0.2, -0.15) is 0 Å². The van der Waals surface area contributed by atoms with Gasteiger partial charge in [-0.3, -0.25) is 4.79 Å². The molecule has 24 heavy (non-hydrogen) atoms. The summed E-state index contributed by atoms with van der Waals surface area (Å²) in [6.45, 7) is 0.549. The number of carbonyl (C=O) groups excluding carboxylic acids is 1. The van der Waals surface area contributed by atoms with E-state index in [1.807, 2.05) is 24.3 Å². The molecule has 1 aromatic carbocycles. The Morgan fingerprint density at radius 2 is 2.00 bits per heavy atom. The van der Waals surface area contributed by atoms with Crippen LogP contribution in [0.1, 0.15) is 49.6 Å². The van der Waals surface area contributed by atoms with E-state index in [1.54, 1.807) is 0 Å². The van der Waals surface area contributed by atoms with Crippen LogP contribution >= 0.6 is 11.3 Å². The molecule has 1 amide bonds. The van der Waals surface area contributed by atoms with Crippen LogP contribution in [-0.4, -0.2) is 33.8 Å². The molecular formula is C18H24N2O3S. The molecule has 0 bridgehead atoms. The molecule has 3 N–H and O–H groups in total. The zero-order valence-electron chi connectivity index (χ0n) is 13.6. The van der Waals surface area contributed by atoms with Gasteiger partial charge in [-0.25, -0.2) is 4.98 Å². The van der Waals surface area contributed by atoms with Crippen molar-refractivity contribution in [1.29, 1.82) is 0 Å². The summed E-state index contributed by atoms with van der Waals surface area (Å²) in [5.41, 5.74) is 0.765. The maximum absolute atomic E-state index is 12.1. The molecule has 0 radical (unpaired) electrons. The van der Waals surface area contributed by atoms with Gasteiger partial charge in [0.25, 0.3) is 5.91 Å². The van der Waals surface area contributed by atoms with Crippen LogP contribution in [0, 0.1) is 5.92 Å². The van der Waals surface area contributed by atoms with Gasteiger partial charge in [0, 0.05) is 6.54 Å². The number of hydrogen-bond acceptors (Lipinski definition) is 5. The molecule has 0 spiro atoms. The fraction of sp³-hybridized carbons (Fsp3) is 0.556. The molecule has 1 aliphatic rings. The predicted octanol–water partition coefficient (Wildman–Crippen LogP) is 2.78. The van der Waals surface area contributed by atoms with E-state index in [2.05, 4.69) is 10.3 Å². The first-order chi connectivity index (χ1) is 11.6. The van der Waals surface area contributed by atoms with Crippen molar-refractivity contribution < 1.29 is 15.0 Å². The molecule has 1 aliphatic carbocycles. The van der Waals surface area contributed by atoms with Gasteiger partial charge in [0.05, 0.1) is 10.2 Å². The van der Waals surface area contributed by atoms with Crippen LogP contribution in [0.2, 0.25) is 0 Å². The van der Waals surface area contributed by atoms with Crippen LogP contribution < -0.4 is 5.32 Å². The lowest BCUT2D eigenvalue weighted by Crippen LogP contribution is -2.39. The summed E-state index contributed by atoms with van der Waals surface area (Å²) in [5, 5.41) is 23.5. The number of para-hydroxylation sites is 1. The summed E-state index contributed by atoms with van der Waals surface area (Å²) in [6, 6.07) is 7.51. The molecule has 1 aromatic heterocycles. The Labute approximate surface area is 145 Å². The normalized spacial score (nSPS) is 18.4. The van der Waals surface area contributed by atoms with Crippen molar-refractivity contribution in [3.05, 3.63) is 29.3 Å². The number of hydrogen-bond donors (Lipinski definition) is 3. The number of nitrogens with one attached hydrogen (secondary N) is 1. The Morgan fingerprint density at radius 3 is 2.75 bits per heavy atom.